The van der Waals surface area contributed by atoms with Gasteiger partial charge in [-0.1, -0.05) is 23.2 Å². The topological polar surface area (TPSA) is 82.5 Å². The van der Waals surface area contributed by atoms with E-state index in [2.05, 4.69) is 9.71 Å². The fourth-order valence-electron chi connectivity index (χ4n) is 3.15. The van der Waals surface area contributed by atoms with Crippen molar-refractivity contribution in [3.63, 3.8) is 0 Å². The standard InChI is InChI=1S/C18H15Cl2N3O4S/c1-26-15-5-10-6-17-21-9-18(23(17)14(10)8-16(15)27-2)28(24,25)22-13-7-11(19)3-4-12(13)20/h3-5,7-9,22H,6H2,1-2H3. The lowest BCUT2D eigenvalue weighted by Crippen LogP contribution is -2.17. The molecule has 0 atom stereocenters. The van der Waals surface area contributed by atoms with Gasteiger partial charge < -0.3 is 9.47 Å². The summed E-state index contributed by atoms with van der Waals surface area (Å²) in [5, 5.41) is 0.591. The van der Waals surface area contributed by atoms with Crippen LogP contribution in [-0.2, 0) is 16.4 Å². The molecule has 1 N–H and O–H groups in total. The quantitative estimate of drug-likeness (QED) is 0.509. The number of nitrogens with one attached hydrogen (secondary N) is 1. The minimum atomic E-state index is -3.98. The number of benzene rings is 2. The molecule has 0 spiro atoms. The van der Waals surface area contributed by atoms with Crippen LogP contribution >= 0.6 is 23.2 Å². The monoisotopic (exact) mass is 439 g/mol. The summed E-state index contributed by atoms with van der Waals surface area (Å²) >= 11 is 12.1. The first-order chi connectivity index (χ1) is 13.3. The molecule has 0 aliphatic carbocycles. The Morgan fingerprint density at radius 2 is 1.82 bits per heavy atom. The molecule has 10 heteroatoms. The average molecular weight is 440 g/mol. The first kappa shape index (κ1) is 18.9. The van der Waals surface area contributed by atoms with Gasteiger partial charge in [-0.05, 0) is 29.8 Å². The van der Waals surface area contributed by atoms with Crippen molar-refractivity contribution in [2.24, 2.45) is 0 Å². The minimum Gasteiger partial charge on any atom is -0.493 e. The molecule has 1 aliphatic rings. The zero-order chi connectivity index (χ0) is 20.1. The van der Waals surface area contributed by atoms with Gasteiger partial charge in [-0.25, -0.2) is 4.98 Å². The first-order valence-corrected chi connectivity index (χ1v) is 10.4. The first-order valence-electron chi connectivity index (χ1n) is 8.14. The summed E-state index contributed by atoms with van der Waals surface area (Å²) in [6, 6.07) is 8.10. The number of fused-ring (bicyclic) bond motifs is 3. The second-order valence-corrected chi connectivity index (χ2v) is 8.56. The van der Waals surface area contributed by atoms with Gasteiger partial charge in [-0.3, -0.25) is 9.29 Å². The molecule has 0 amide bonds. The highest BCUT2D eigenvalue weighted by Crippen LogP contribution is 2.39. The highest BCUT2D eigenvalue weighted by atomic mass is 35.5. The molecule has 7 nitrogen and oxygen atoms in total. The Labute approximate surface area is 171 Å². The molecule has 146 valence electrons. The van der Waals surface area contributed by atoms with E-state index in [0.29, 0.717) is 34.5 Å². The van der Waals surface area contributed by atoms with Gasteiger partial charge in [0.15, 0.2) is 16.5 Å². The van der Waals surface area contributed by atoms with Crippen molar-refractivity contribution in [3.8, 4) is 17.2 Å². The lowest BCUT2D eigenvalue weighted by Gasteiger charge is -2.14. The van der Waals surface area contributed by atoms with Crippen molar-refractivity contribution >= 4 is 38.9 Å². The fourth-order valence-corrected chi connectivity index (χ4v) is 4.74. The Morgan fingerprint density at radius 1 is 1.11 bits per heavy atom. The van der Waals surface area contributed by atoms with Crippen LogP contribution in [0, 0.1) is 0 Å². The van der Waals surface area contributed by atoms with Crippen molar-refractivity contribution in [1.82, 2.24) is 9.55 Å². The highest BCUT2D eigenvalue weighted by molar-refractivity contribution is 7.92. The number of hydrogen-bond acceptors (Lipinski definition) is 5. The lowest BCUT2D eigenvalue weighted by molar-refractivity contribution is 0.354. The number of hydrogen-bond donors (Lipinski definition) is 1. The van der Waals surface area contributed by atoms with Crippen LogP contribution in [-0.4, -0.2) is 32.2 Å². The number of halogens is 2. The Balaban J connectivity index is 1.80. The maximum absolute atomic E-state index is 13.0. The molecule has 0 radical (unpaired) electrons. The van der Waals surface area contributed by atoms with Crippen molar-refractivity contribution < 1.29 is 17.9 Å². The summed E-state index contributed by atoms with van der Waals surface area (Å²) in [5.74, 6) is 1.67. The van der Waals surface area contributed by atoms with Gasteiger partial charge >= 0.3 is 0 Å². The zero-order valence-corrected chi connectivity index (χ0v) is 17.2. The van der Waals surface area contributed by atoms with E-state index < -0.39 is 10.0 Å². The number of anilines is 1. The minimum absolute atomic E-state index is 0.00971. The predicted octanol–water partition coefficient (Wildman–Crippen LogP) is 3.90. The van der Waals surface area contributed by atoms with E-state index in [1.807, 2.05) is 6.07 Å². The highest BCUT2D eigenvalue weighted by Gasteiger charge is 2.30. The van der Waals surface area contributed by atoms with Gasteiger partial charge in [0.1, 0.15) is 5.82 Å². The summed E-state index contributed by atoms with van der Waals surface area (Å²) in [6.07, 6.45) is 1.79. The van der Waals surface area contributed by atoms with E-state index in [1.54, 1.807) is 23.8 Å². The van der Waals surface area contributed by atoms with E-state index in [4.69, 9.17) is 32.7 Å². The third kappa shape index (κ3) is 3.07. The number of nitrogens with zero attached hydrogens (tertiary/aromatic N) is 2. The normalized spacial score (nSPS) is 12.4. The molecule has 3 aromatic rings. The molecule has 2 aromatic carbocycles. The second kappa shape index (κ2) is 6.88. The van der Waals surface area contributed by atoms with Crippen molar-refractivity contribution in [1.29, 1.82) is 0 Å². The Bertz CT molecular complexity index is 1190. The molecule has 1 aliphatic heterocycles. The average Bonchev–Trinajstić information content (AvgIpc) is 3.22. The fraction of sp³-hybridized carbons (Fsp3) is 0.167. The molecule has 0 unspecified atom stereocenters. The number of aromatic nitrogens is 2. The second-order valence-electron chi connectivity index (χ2n) is 6.09. The van der Waals surface area contributed by atoms with Crippen LogP contribution in [0.3, 0.4) is 0 Å². The summed E-state index contributed by atoms with van der Waals surface area (Å²) in [4.78, 5) is 4.27. The van der Waals surface area contributed by atoms with Crippen LogP contribution in [0.25, 0.3) is 5.69 Å². The Kier molecular flexibility index (Phi) is 4.65. The largest absolute Gasteiger partial charge is 0.493 e. The third-order valence-corrected chi connectivity index (χ3v) is 6.32. The van der Waals surface area contributed by atoms with Crippen molar-refractivity contribution in [3.05, 3.63) is 58.0 Å². The molecule has 28 heavy (non-hydrogen) atoms. The van der Waals surface area contributed by atoms with Gasteiger partial charge in [0.25, 0.3) is 10.0 Å². The summed E-state index contributed by atoms with van der Waals surface area (Å²) in [5.41, 5.74) is 1.75. The number of ether oxygens (including phenoxy) is 2. The smallest absolute Gasteiger partial charge is 0.279 e. The van der Waals surface area contributed by atoms with E-state index in [0.717, 1.165) is 5.56 Å². The van der Waals surface area contributed by atoms with E-state index in [9.17, 15) is 8.42 Å². The van der Waals surface area contributed by atoms with Gasteiger partial charge in [0.2, 0.25) is 0 Å². The van der Waals surface area contributed by atoms with Crippen LogP contribution in [0.4, 0.5) is 5.69 Å². The van der Waals surface area contributed by atoms with E-state index in [-0.39, 0.29) is 15.7 Å². The summed E-state index contributed by atoms with van der Waals surface area (Å²) < 4.78 is 40.8. The van der Waals surface area contributed by atoms with Crippen LogP contribution in [0.2, 0.25) is 10.0 Å². The molecular weight excluding hydrogens is 425 g/mol. The van der Waals surface area contributed by atoms with Gasteiger partial charge in [-0.2, -0.15) is 8.42 Å². The Morgan fingerprint density at radius 3 is 2.54 bits per heavy atom. The van der Waals surface area contributed by atoms with Gasteiger partial charge in [-0.15, -0.1) is 0 Å². The van der Waals surface area contributed by atoms with Crippen LogP contribution in [0.1, 0.15) is 11.4 Å². The molecule has 4 rings (SSSR count). The maximum Gasteiger partial charge on any atom is 0.279 e. The molecule has 2 heterocycles. The molecule has 0 fully saturated rings. The van der Waals surface area contributed by atoms with Crippen LogP contribution < -0.4 is 14.2 Å². The maximum atomic E-state index is 13.0. The Hall–Kier alpha value is -2.42. The zero-order valence-electron chi connectivity index (χ0n) is 14.9. The van der Waals surface area contributed by atoms with Crippen molar-refractivity contribution in [2.45, 2.75) is 11.4 Å². The molecule has 1 aromatic heterocycles. The van der Waals surface area contributed by atoms with Crippen LogP contribution in [0.5, 0.6) is 11.5 Å². The molecule has 0 saturated heterocycles. The number of imidazole rings is 1. The SMILES string of the molecule is COc1cc2c(cc1OC)-n1c(S(=O)(=O)Nc3cc(Cl)ccc3Cl)cnc1C2. The summed E-state index contributed by atoms with van der Waals surface area (Å²) in [6.45, 7) is 0. The number of methoxy groups -OCH3 is 2. The van der Waals surface area contributed by atoms with E-state index >= 15 is 0 Å². The predicted molar refractivity (Wildman–Crippen MR) is 107 cm³/mol. The molecular formula is C18H15Cl2N3O4S. The lowest BCUT2D eigenvalue weighted by atomic mass is 10.1. The molecule has 0 saturated carbocycles. The third-order valence-electron chi connectivity index (χ3n) is 4.42. The van der Waals surface area contributed by atoms with Crippen LogP contribution in [0.15, 0.2) is 41.6 Å². The van der Waals surface area contributed by atoms with Gasteiger partial charge in [0, 0.05) is 17.5 Å². The summed E-state index contributed by atoms with van der Waals surface area (Å²) in [7, 11) is -0.907. The van der Waals surface area contributed by atoms with Gasteiger partial charge in [0.05, 0.1) is 36.8 Å². The molecule has 0 bridgehead atoms. The van der Waals surface area contributed by atoms with E-state index in [1.165, 1.54) is 25.4 Å². The number of sulfonamides is 1. The number of rotatable bonds is 5. The van der Waals surface area contributed by atoms with Crippen molar-refractivity contribution in [2.75, 3.05) is 18.9 Å².